The second kappa shape index (κ2) is 10.3. The van der Waals surface area contributed by atoms with Gasteiger partial charge in [0.05, 0.1) is 29.3 Å². The number of nitrogens with zero attached hydrogens (tertiary/aromatic N) is 4. The van der Waals surface area contributed by atoms with Crippen molar-refractivity contribution in [2.45, 2.75) is 43.8 Å². The van der Waals surface area contributed by atoms with Crippen molar-refractivity contribution in [1.29, 1.82) is 5.26 Å². The lowest BCUT2D eigenvalue weighted by Gasteiger charge is -2.42. The minimum atomic E-state index is -3.26. The number of amidine groups is 1. The standard InChI is InChI=1S/C20H24F3N7O3/c1-19(33,17(22)23)18(32)30-8-4-20(3-6-24,5-9-30)28-11-13(16(26)31)15(25)29-12-2-7-27-14(21)10-12/h2,7,10-11,17,28,33H,3-5,8-9H2,1H3,(H2,26,31)(H2,25,27,29)/b13-11+. The van der Waals surface area contributed by atoms with E-state index < -0.39 is 35.3 Å². The van der Waals surface area contributed by atoms with E-state index in [0.717, 1.165) is 24.1 Å². The van der Waals surface area contributed by atoms with Crippen LogP contribution in [0.4, 0.5) is 18.9 Å². The Bertz CT molecular complexity index is 997. The SMILES string of the molecule is CC(O)(C(=O)N1CCC(CC#N)(N/C=C(/C(N)=O)C(N)=Nc2ccnc(F)c2)CC1)C(F)F. The van der Waals surface area contributed by atoms with E-state index in [1.54, 1.807) is 0 Å². The van der Waals surface area contributed by atoms with Crippen LogP contribution in [0, 0.1) is 17.3 Å². The normalized spacial score (nSPS) is 18.4. The first-order valence-corrected chi connectivity index (χ1v) is 9.82. The van der Waals surface area contributed by atoms with Gasteiger partial charge in [0.25, 0.3) is 18.2 Å². The van der Waals surface area contributed by atoms with Crippen molar-refractivity contribution in [1.82, 2.24) is 15.2 Å². The molecule has 1 fully saturated rings. The Morgan fingerprint density at radius 3 is 2.61 bits per heavy atom. The molecule has 178 valence electrons. The Kier molecular flexibility index (Phi) is 7.99. The van der Waals surface area contributed by atoms with E-state index >= 15 is 0 Å². The molecule has 1 aliphatic rings. The van der Waals surface area contributed by atoms with E-state index in [4.69, 9.17) is 11.5 Å². The largest absolute Gasteiger partial charge is 0.384 e. The molecule has 2 rings (SSSR count). The minimum Gasteiger partial charge on any atom is -0.384 e. The van der Waals surface area contributed by atoms with Gasteiger partial charge >= 0.3 is 0 Å². The molecule has 0 saturated carbocycles. The quantitative estimate of drug-likeness (QED) is 0.186. The molecule has 1 atom stereocenters. The smallest absolute Gasteiger partial charge is 0.275 e. The van der Waals surface area contributed by atoms with Crippen LogP contribution >= 0.6 is 0 Å². The number of nitrogens with one attached hydrogen (secondary N) is 1. The molecule has 0 aliphatic carbocycles. The third-order valence-electron chi connectivity index (χ3n) is 5.31. The number of carbonyl (C=O) groups excluding carboxylic acids is 2. The van der Waals surface area contributed by atoms with Crippen LogP contribution in [0.1, 0.15) is 26.2 Å². The molecular formula is C20H24F3N7O3. The first-order valence-electron chi connectivity index (χ1n) is 9.82. The predicted molar refractivity (Wildman–Crippen MR) is 111 cm³/mol. The summed E-state index contributed by atoms with van der Waals surface area (Å²) in [5, 5.41) is 21.9. The Balaban J connectivity index is 2.21. The van der Waals surface area contributed by atoms with E-state index in [1.807, 2.05) is 6.07 Å². The van der Waals surface area contributed by atoms with Crippen LogP contribution in [0.3, 0.4) is 0 Å². The van der Waals surface area contributed by atoms with Crippen molar-refractivity contribution in [3.05, 3.63) is 36.1 Å². The van der Waals surface area contributed by atoms with Crippen molar-refractivity contribution >= 4 is 23.3 Å². The molecule has 1 aromatic rings. The van der Waals surface area contributed by atoms with E-state index in [9.17, 15) is 33.1 Å². The van der Waals surface area contributed by atoms with Crippen LogP contribution < -0.4 is 16.8 Å². The summed E-state index contributed by atoms with van der Waals surface area (Å²) in [4.78, 5) is 32.6. The second-order valence-corrected chi connectivity index (χ2v) is 7.76. The number of aliphatic hydroxyl groups is 1. The summed E-state index contributed by atoms with van der Waals surface area (Å²) in [6, 6.07) is 4.37. The summed E-state index contributed by atoms with van der Waals surface area (Å²) < 4.78 is 39.2. The van der Waals surface area contributed by atoms with Gasteiger partial charge in [-0.15, -0.1) is 0 Å². The van der Waals surface area contributed by atoms with Crippen LogP contribution in [0.5, 0.6) is 0 Å². The Morgan fingerprint density at radius 2 is 2.09 bits per heavy atom. The number of aromatic nitrogens is 1. The lowest BCUT2D eigenvalue weighted by molar-refractivity contribution is -0.167. The number of carbonyl (C=O) groups is 2. The maximum absolute atomic E-state index is 13.3. The van der Waals surface area contributed by atoms with Gasteiger partial charge in [0.15, 0.2) is 0 Å². The van der Waals surface area contributed by atoms with E-state index in [2.05, 4.69) is 15.3 Å². The number of hydrogen-bond acceptors (Lipinski definition) is 7. The van der Waals surface area contributed by atoms with Crippen LogP contribution in [0.15, 0.2) is 35.1 Å². The van der Waals surface area contributed by atoms with E-state index in [1.165, 1.54) is 12.3 Å². The van der Waals surface area contributed by atoms with Crippen molar-refractivity contribution in [2.75, 3.05) is 13.1 Å². The Morgan fingerprint density at radius 1 is 1.45 bits per heavy atom. The number of halogens is 3. The zero-order valence-corrected chi connectivity index (χ0v) is 17.8. The maximum Gasteiger partial charge on any atom is 0.275 e. The summed E-state index contributed by atoms with van der Waals surface area (Å²) in [5.74, 6) is -3.16. The number of pyridine rings is 1. The van der Waals surface area contributed by atoms with Gasteiger partial charge in [-0.2, -0.15) is 9.65 Å². The highest BCUT2D eigenvalue weighted by molar-refractivity contribution is 6.20. The van der Waals surface area contributed by atoms with Crippen LogP contribution in [-0.2, 0) is 9.59 Å². The van der Waals surface area contributed by atoms with Gasteiger partial charge in [-0.1, -0.05) is 0 Å². The van der Waals surface area contributed by atoms with Crippen molar-refractivity contribution in [2.24, 2.45) is 16.5 Å². The molecule has 1 unspecified atom stereocenters. The molecular weight excluding hydrogens is 443 g/mol. The number of nitrogens with two attached hydrogens (primary N) is 2. The van der Waals surface area contributed by atoms with Gasteiger partial charge in [0, 0.05) is 31.6 Å². The highest BCUT2D eigenvalue weighted by Gasteiger charge is 2.45. The number of rotatable bonds is 8. The Labute approximate surface area is 187 Å². The third-order valence-corrected chi connectivity index (χ3v) is 5.31. The van der Waals surface area contributed by atoms with E-state index in [-0.39, 0.29) is 49.4 Å². The summed E-state index contributed by atoms with van der Waals surface area (Å²) in [5.41, 5.74) is 7.35. The number of hydrogen-bond donors (Lipinski definition) is 4. The molecule has 1 saturated heterocycles. The molecule has 13 heteroatoms. The van der Waals surface area contributed by atoms with Gasteiger partial charge in [-0.25, -0.2) is 18.8 Å². The Hall–Kier alpha value is -3.66. The fraction of sp³-hybridized carbons (Fsp3) is 0.450. The average Bonchev–Trinajstić information content (AvgIpc) is 2.73. The molecule has 0 radical (unpaired) electrons. The lowest BCUT2D eigenvalue weighted by Crippen LogP contribution is -2.58. The number of primary amides is 1. The number of likely N-dealkylation sites (tertiary alicyclic amines) is 1. The first kappa shape index (κ1) is 25.6. The van der Waals surface area contributed by atoms with Crippen molar-refractivity contribution in [3.8, 4) is 6.07 Å². The monoisotopic (exact) mass is 467 g/mol. The number of piperidine rings is 1. The molecule has 33 heavy (non-hydrogen) atoms. The van der Waals surface area contributed by atoms with Gasteiger partial charge in [0.1, 0.15) is 5.84 Å². The molecule has 0 aromatic carbocycles. The predicted octanol–water partition coefficient (Wildman–Crippen LogP) is 0.459. The van der Waals surface area contributed by atoms with Gasteiger partial charge in [-0.3, -0.25) is 9.59 Å². The fourth-order valence-electron chi connectivity index (χ4n) is 3.23. The highest BCUT2D eigenvalue weighted by Crippen LogP contribution is 2.28. The molecule has 1 aliphatic heterocycles. The summed E-state index contributed by atoms with van der Waals surface area (Å²) in [6.45, 7) is 0.708. The molecule has 1 aromatic heterocycles. The average molecular weight is 467 g/mol. The summed E-state index contributed by atoms with van der Waals surface area (Å²) in [6.07, 6.45) is -0.652. The van der Waals surface area contributed by atoms with Gasteiger partial charge < -0.3 is 26.8 Å². The van der Waals surface area contributed by atoms with Gasteiger partial charge in [0.2, 0.25) is 11.5 Å². The molecule has 6 N–H and O–H groups in total. The summed E-state index contributed by atoms with van der Waals surface area (Å²) >= 11 is 0. The van der Waals surface area contributed by atoms with Crippen molar-refractivity contribution < 1.29 is 27.9 Å². The van der Waals surface area contributed by atoms with Crippen LogP contribution in [0.2, 0.25) is 0 Å². The number of amides is 2. The van der Waals surface area contributed by atoms with Crippen LogP contribution in [-0.4, -0.2) is 63.3 Å². The minimum absolute atomic E-state index is 0.0179. The van der Waals surface area contributed by atoms with E-state index in [0.29, 0.717) is 0 Å². The lowest BCUT2D eigenvalue weighted by atomic mass is 9.84. The zero-order chi connectivity index (χ0) is 24.8. The maximum atomic E-state index is 13.3. The molecule has 10 nitrogen and oxygen atoms in total. The topological polar surface area (TPSA) is 171 Å². The summed E-state index contributed by atoms with van der Waals surface area (Å²) in [7, 11) is 0. The van der Waals surface area contributed by atoms with Gasteiger partial charge in [-0.05, 0) is 25.8 Å². The number of aliphatic imine (C=N–C) groups is 1. The molecule has 0 spiro atoms. The van der Waals surface area contributed by atoms with Crippen LogP contribution in [0.25, 0.3) is 0 Å². The first-order chi connectivity index (χ1) is 15.4. The highest BCUT2D eigenvalue weighted by atomic mass is 19.3. The fourth-order valence-corrected chi connectivity index (χ4v) is 3.23. The number of nitriles is 1. The number of alkyl halides is 2. The second-order valence-electron chi connectivity index (χ2n) is 7.76. The zero-order valence-electron chi connectivity index (χ0n) is 17.8. The molecule has 0 bridgehead atoms. The molecule has 2 amide bonds. The third kappa shape index (κ3) is 6.19. The van der Waals surface area contributed by atoms with Crippen molar-refractivity contribution in [3.63, 3.8) is 0 Å². The molecule has 2 heterocycles.